The van der Waals surface area contributed by atoms with Crippen LogP contribution in [-0.4, -0.2) is 68.2 Å². The molecular weight excluding hydrogens is 600 g/mol. The number of hydrogen-bond acceptors (Lipinski definition) is 6. The number of hydrogen-bond donors (Lipinski definition) is 2. The molecule has 2 heterocycles. The standard InChI is InChI=1S/C41H70N2O5/c1-35(2,3)30-18-28(19-31(34(30)47)36(4,5)6)41(15,48-33(46)20-32(44)45)25-29(26-21-37(7,8)42(16)38(9,10)22-26)27-23-39(11,12)43(17)40(13,14)24-27/h18-19,26-27,29,47H,20-25H2,1-17H3,(H,44,45). The Bertz CT molecular complexity index is 1250. The van der Waals surface area contributed by atoms with Crippen molar-refractivity contribution in [1.29, 1.82) is 0 Å². The maximum absolute atomic E-state index is 13.4. The summed E-state index contributed by atoms with van der Waals surface area (Å²) in [7, 11) is 4.48. The van der Waals surface area contributed by atoms with Gasteiger partial charge < -0.3 is 14.9 Å². The summed E-state index contributed by atoms with van der Waals surface area (Å²) in [4.78, 5) is 30.3. The molecule has 0 aromatic heterocycles. The topological polar surface area (TPSA) is 90.3 Å². The predicted molar refractivity (Wildman–Crippen MR) is 197 cm³/mol. The molecule has 1 atom stereocenters. The van der Waals surface area contributed by atoms with E-state index in [9.17, 15) is 19.8 Å². The number of carbonyl (C=O) groups excluding carboxylic acids is 1. The molecule has 0 amide bonds. The summed E-state index contributed by atoms with van der Waals surface area (Å²) in [6.45, 7) is 33.2. The maximum Gasteiger partial charge on any atom is 0.318 e. The Labute approximate surface area is 293 Å². The first kappa shape index (κ1) is 40.3. The van der Waals surface area contributed by atoms with Gasteiger partial charge in [-0.2, -0.15) is 0 Å². The molecule has 0 bridgehead atoms. The van der Waals surface area contributed by atoms with Gasteiger partial charge in [-0.15, -0.1) is 0 Å². The number of phenols is 1. The zero-order valence-electron chi connectivity index (χ0n) is 33.6. The number of aromatic hydroxyl groups is 1. The van der Waals surface area contributed by atoms with Crippen molar-refractivity contribution in [2.24, 2.45) is 17.8 Å². The molecule has 1 aromatic rings. The van der Waals surface area contributed by atoms with Crippen LogP contribution in [0.2, 0.25) is 0 Å². The van der Waals surface area contributed by atoms with Gasteiger partial charge in [0.05, 0.1) is 0 Å². The number of phenolic OH excluding ortho intramolecular Hbond substituents is 1. The van der Waals surface area contributed by atoms with E-state index < -0.39 is 24.0 Å². The van der Waals surface area contributed by atoms with Gasteiger partial charge >= 0.3 is 11.9 Å². The van der Waals surface area contributed by atoms with Gasteiger partial charge in [0, 0.05) is 22.2 Å². The number of nitrogens with zero attached hydrogens (tertiary/aromatic N) is 2. The Balaban J connectivity index is 2.34. The van der Waals surface area contributed by atoms with E-state index >= 15 is 0 Å². The Kier molecular flexibility index (Phi) is 10.8. The van der Waals surface area contributed by atoms with Crippen LogP contribution in [-0.2, 0) is 30.8 Å². The Morgan fingerprint density at radius 3 is 1.38 bits per heavy atom. The summed E-state index contributed by atoms with van der Waals surface area (Å²) in [5.41, 5.74) is 0.394. The van der Waals surface area contributed by atoms with E-state index in [0.717, 1.165) is 42.4 Å². The molecule has 2 fully saturated rings. The summed E-state index contributed by atoms with van der Waals surface area (Å²) in [5.74, 6) is -0.772. The van der Waals surface area contributed by atoms with Gasteiger partial charge in [0.25, 0.3) is 0 Å². The number of carboxylic acids is 1. The molecule has 274 valence electrons. The zero-order chi connectivity index (χ0) is 37.2. The van der Waals surface area contributed by atoms with Gasteiger partial charge in [0.15, 0.2) is 0 Å². The van der Waals surface area contributed by atoms with Gasteiger partial charge in [-0.25, -0.2) is 0 Å². The highest BCUT2D eigenvalue weighted by molar-refractivity contribution is 5.90. The van der Waals surface area contributed by atoms with E-state index in [-0.39, 0.29) is 44.7 Å². The van der Waals surface area contributed by atoms with Crippen LogP contribution in [0.25, 0.3) is 0 Å². The fraction of sp³-hybridized carbons (Fsp3) is 0.805. The highest BCUT2D eigenvalue weighted by atomic mass is 16.6. The van der Waals surface area contributed by atoms with Crippen molar-refractivity contribution in [2.45, 2.75) is 181 Å². The summed E-state index contributed by atoms with van der Waals surface area (Å²) in [5, 5.41) is 21.2. The highest BCUT2D eigenvalue weighted by Gasteiger charge is 2.53. The summed E-state index contributed by atoms with van der Waals surface area (Å²) < 4.78 is 6.45. The van der Waals surface area contributed by atoms with E-state index in [2.05, 4.69) is 121 Å². The molecule has 48 heavy (non-hydrogen) atoms. The van der Waals surface area contributed by atoms with Crippen LogP contribution in [0, 0.1) is 17.8 Å². The highest BCUT2D eigenvalue weighted by Crippen LogP contribution is 2.54. The van der Waals surface area contributed by atoms with Crippen molar-refractivity contribution in [2.75, 3.05) is 14.1 Å². The van der Waals surface area contributed by atoms with Crippen LogP contribution in [0.4, 0.5) is 0 Å². The van der Waals surface area contributed by atoms with Crippen molar-refractivity contribution in [3.8, 4) is 5.75 Å². The zero-order valence-corrected chi connectivity index (χ0v) is 33.6. The average molecular weight is 671 g/mol. The molecule has 7 heteroatoms. The molecule has 2 aliphatic rings. The minimum Gasteiger partial charge on any atom is -0.507 e. The molecule has 1 unspecified atom stereocenters. The second-order valence-electron chi connectivity index (χ2n) is 20.3. The van der Waals surface area contributed by atoms with E-state index in [4.69, 9.17) is 4.74 Å². The van der Waals surface area contributed by atoms with Gasteiger partial charge in [-0.05, 0) is 166 Å². The minimum atomic E-state index is -1.20. The third-order valence-electron chi connectivity index (χ3n) is 12.5. The molecule has 0 radical (unpaired) electrons. The lowest BCUT2D eigenvalue weighted by Crippen LogP contribution is -2.62. The maximum atomic E-state index is 13.4. The van der Waals surface area contributed by atoms with Gasteiger partial charge in [0.2, 0.25) is 0 Å². The number of carboxylic acid groups (broad SMARTS) is 1. The van der Waals surface area contributed by atoms with Gasteiger partial charge in [0.1, 0.15) is 17.8 Å². The molecule has 0 saturated carbocycles. The van der Waals surface area contributed by atoms with Crippen LogP contribution >= 0.6 is 0 Å². The second kappa shape index (κ2) is 12.9. The lowest BCUT2D eigenvalue weighted by Gasteiger charge is -2.59. The van der Waals surface area contributed by atoms with E-state index in [0.29, 0.717) is 18.3 Å². The van der Waals surface area contributed by atoms with Crippen LogP contribution in [0.15, 0.2) is 12.1 Å². The van der Waals surface area contributed by atoms with Crippen molar-refractivity contribution >= 4 is 11.9 Å². The number of aliphatic carboxylic acids is 1. The van der Waals surface area contributed by atoms with E-state index in [1.807, 2.05) is 19.1 Å². The van der Waals surface area contributed by atoms with Crippen LogP contribution in [0.5, 0.6) is 5.75 Å². The number of rotatable bonds is 8. The third-order valence-corrected chi connectivity index (χ3v) is 12.5. The molecule has 3 rings (SSSR count). The van der Waals surface area contributed by atoms with Crippen LogP contribution < -0.4 is 0 Å². The molecule has 7 nitrogen and oxygen atoms in total. The number of piperidine rings is 2. The molecule has 2 saturated heterocycles. The number of benzene rings is 1. The minimum absolute atomic E-state index is 0.0328. The summed E-state index contributed by atoms with van der Waals surface area (Å²) in [6, 6.07) is 4.03. The van der Waals surface area contributed by atoms with Crippen molar-refractivity contribution in [1.82, 2.24) is 9.80 Å². The Morgan fingerprint density at radius 2 is 1.08 bits per heavy atom. The molecule has 2 aliphatic heterocycles. The van der Waals surface area contributed by atoms with Gasteiger partial charge in [-0.3, -0.25) is 19.4 Å². The quantitative estimate of drug-likeness (QED) is 0.211. The van der Waals surface area contributed by atoms with Crippen LogP contribution in [0.3, 0.4) is 0 Å². The predicted octanol–water partition coefficient (Wildman–Crippen LogP) is 9.02. The fourth-order valence-corrected chi connectivity index (χ4v) is 9.38. The smallest absolute Gasteiger partial charge is 0.318 e. The lowest BCUT2D eigenvalue weighted by atomic mass is 9.59. The van der Waals surface area contributed by atoms with Crippen LogP contribution in [0.1, 0.15) is 159 Å². The van der Waals surface area contributed by atoms with E-state index in [1.54, 1.807) is 0 Å². The Hall–Kier alpha value is -2.12. The SMILES string of the molecule is CN1C(C)(C)CC(C(CC(C)(OC(=O)CC(=O)O)c2cc(C(C)(C)C)c(O)c(C(C)(C)C)c2)C2CC(C)(C)N(C)C(C)(C)C2)CC1(C)C. The van der Waals surface area contributed by atoms with E-state index in [1.165, 1.54) is 0 Å². The van der Waals surface area contributed by atoms with Crippen molar-refractivity contribution in [3.05, 3.63) is 28.8 Å². The second-order valence-corrected chi connectivity index (χ2v) is 20.3. The summed E-state index contributed by atoms with van der Waals surface area (Å²) in [6.07, 6.45) is 3.93. The first-order valence-electron chi connectivity index (χ1n) is 18.1. The average Bonchev–Trinajstić information content (AvgIpc) is 2.86. The number of carbonyl (C=O) groups is 2. The molecule has 0 aliphatic carbocycles. The van der Waals surface area contributed by atoms with Crippen molar-refractivity contribution in [3.63, 3.8) is 0 Å². The summed E-state index contributed by atoms with van der Waals surface area (Å²) >= 11 is 0. The Morgan fingerprint density at radius 1 is 0.750 bits per heavy atom. The van der Waals surface area contributed by atoms with Gasteiger partial charge in [-0.1, -0.05) is 41.5 Å². The normalized spacial score (nSPS) is 23.5. The fourth-order valence-electron chi connectivity index (χ4n) is 9.38. The largest absolute Gasteiger partial charge is 0.507 e. The number of likely N-dealkylation sites (tertiary alicyclic amines) is 2. The molecule has 1 aromatic carbocycles. The first-order chi connectivity index (χ1) is 21.3. The third kappa shape index (κ3) is 8.42. The molecular formula is C41H70N2O5. The first-order valence-corrected chi connectivity index (χ1v) is 18.1. The monoisotopic (exact) mass is 671 g/mol. The van der Waals surface area contributed by atoms with Crippen molar-refractivity contribution < 1.29 is 24.5 Å². The molecule has 0 spiro atoms. The number of esters is 1. The lowest BCUT2D eigenvalue weighted by molar-refractivity contribution is -0.168. The molecule has 2 N–H and O–H groups in total. The number of ether oxygens (including phenoxy) is 1.